The molecule has 2 N–H and O–H groups in total. The molecule has 234 valence electrons. The molecule has 1 saturated heterocycles. The van der Waals surface area contributed by atoms with E-state index in [2.05, 4.69) is 49.2 Å². The molecular weight excluding hydrogens is 573 g/mol. The Bertz CT molecular complexity index is 1740. The molecule has 0 radical (unpaired) electrons. The van der Waals surface area contributed by atoms with Gasteiger partial charge in [0.05, 0.1) is 17.7 Å². The first kappa shape index (κ1) is 30.4. The Balaban J connectivity index is 1.21. The minimum atomic E-state index is -0.438. The molecule has 11 heteroatoms. The second-order valence-electron chi connectivity index (χ2n) is 11.3. The molecule has 6 rings (SSSR count). The number of ether oxygens (including phenoxy) is 3. The molecule has 45 heavy (non-hydrogen) atoms. The SMILES string of the molecule is COCCOc1nc(Nc2ccc(CN3CCN(C)CC3)cc2)nc2[nH]cc(-c3ccc(OCc4cc(C)ccn4)cc3F)c12. The van der Waals surface area contributed by atoms with Crippen LogP contribution in [-0.4, -0.2) is 83.3 Å². The molecule has 2 aromatic carbocycles. The van der Waals surface area contributed by atoms with Gasteiger partial charge in [0.2, 0.25) is 11.8 Å². The summed E-state index contributed by atoms with van der Waals surface area (Å²) in [5, 5.41) is 3.87. The standard InChI is InChI=1S/C34H38FN7O3/c1-23-10-11-36-26(18-23)22-45-27-8-9-28(30(35)19-27)29-20-37-32-31(29)33(44-17-16-43-3)40-34(39-32)38-25-6-4-24(5-7-25)21-42-14-12-41(2)13-15-42/h4-11,18-20H,12-17,21-22H2,1-3H3,(H2,37,38,39,40). The highest BCUT2D eigenvalue weighted by Crippen LogP contribution is 2.37. The fourth-order valence-corrected chi connectivity index (χ4v) is 5.32. The average Bonchev–Trinajstić information content (AvgIpc) is 3.46. The summed E-state index contributed by atoms with van der Waals surface area (Å²) in [7, 11) is 3.77. The van der Waals surface area contributed by atoms with Gasteiger partial charge in [-0.3, -0.25) is 9.88 Å². The van der Waals surface area contributed by atoms with Crippen molar-refractivity contribution in [1.82, 2.24) is 29.7 Å². The van der Waals surface area contributed by atoms with Crippen LogP contribution in [0.1, 0.15) is 16.8 Å². The van der Waals surface area contributed by atoms with Crippen LogP contribution in [0.15, 0.2) is 67.0 Å². The van der Waals surface area contributed by atoms with Crippen molar-refractivity contribution in [3.8, 4) is 22.8 Å². The van der Waals surface area contributed by atoms with Gasteiger partial charge in [-0.1, -0.05) is 12.1 Å². The van der Waals surface area contributed by atoms with Crippen molar-refractivity contribution in [3.63, 3.8) is 0 Å². The number of benzene rings is 2. The van der Waals surface area contributed by atoms with Gasteiger partial charge in [0.1, 0.15) is 30.4 Å². The first-order chi connectivity index (χ1) is 21.9. The molecule has 4 heterocycles. The summed E-state index contributed by atoms with van der Waals surface area (Å²) < 4.78 is 32.5. The summed E-state index contributed by atoms with van der Waals surface area (Å²) in [4.78, 5) is 21.7. The fourth-order valence-electron chi connectivity index (χ4n) is 5.32. The van der Waals surface area contributed by atoms with E-state index in [9.17, 15) is 0 Å². The minimum absolute atomic E-state index is 0.244. The van der Waals surface area contributed by atoms with Crippen molar-refractivity contribution in [3.05, 3.63) is 89.6 Å². The van der Waals surface area contributed by atoms with Crippen molar-refractivity contribution in [2.24, 2.45) is 0 Å². The molecule has 5 aromatic rings. The number of aryl methyl sites for hydroxylation is 1. The Kier molecular flexibility index (Phi) is 9.49. The number of likely N-dealkylation sites (N-methyl/N-ethyl adjacent to an activating group) is 1. The van der Waals surface area contributed by atoms with E-state index in [-0.39, 0.29) is 13.2 Å². The third-order valence-electron chi connectivity index (χ3n) is 7.83. The number of hydrogen-bond donors (Lipinski definition) is 2. The van der Waals surface area contributed by atoms with Gasteiger partial charge in [0, 0.05) is 75.1 Å². The van der Waals surface area contributed by atoms with E-state index < -0.39 is 5.82 Å². The maximum Gasteiger partial charge on any atom is 0.232 e. The second kappa shape index (κ2) is 14.0. The van der Waals surface area contributed by atoms with E-state index in [1.165, 1.54) is 11.6 Å². The summed E-state index contributed by atoms with van der Waals surface area (Å²) in [5.41, 5.74) is 5.45. The number of pyridine rings is 1. The van der Waals surface area contributed by atoms with Crippen LogP contribution in [0.5, 0.6) is 11.6 Å². The number of H-pyrrole nitrogens is 1. The molecule has 0 amide bonds. The third kappa shape index (κ3) is 7.56. The first-order valence-corrected chi connectivity index (χ1v) is 15.1. The van der Waals surface area contributed by atoms with Crippen LogP contribution in [0.25, 0.3) is 22.2 Å². The predicted molar refractivity (Wildman–Crippen MR) is 172 cm³/mol. The third-order valence-corrected chi connectivity index (χ3v) is 7.83. The first-order valence-electron chi connectivity index (χ1n) is 15.1. The molecule has 10 nitrogen and oxygen atoms in total. The molecule has 0 spiro atoms. The number of piperazine rings is 1. The van der Waals surface area contributed by atoms with Crippen molar-refractivity contribution < 1.29 is 18.6 Å². The van der Waals surface area contributed by atoms with Crippen LogP contribution in [0.4, 0.5) is 16.0 Å². The maximum absolute atomic E-state index is 15.5. The summed E-state index contributed by atoms with van der Waals surface area (Å²) >= 11 is 0. The van der Waals surface area contributed by atoms with E-state index >= 15 is 4.39 Å². The van der Waals surface area contributed by atoms with Gasteiger partial charge >= 0.3 is 0 Å². The van der Waals surface area contributed by atoms with E-state index in [1.807, 2.05) is 31.2 Å². The number of hydrogen-bond acceptors (Lipinski definition) is 9. The van der Waals surface area contributed by atoms with Crippen LogP contribution >= 0.6 is 0 Å². The molecule has 3 aromatic heterocycles. The van der Waals surface area contributed by atoms with Gasteiger partial charge in [-0.15, -0.1) is 0 Å². The largest absolute Gasteiger partial charge is 0.487 e. The molecule has 0 saturated carbocycles. The maximum atomic E-state index is 15.5. The number of aromatic nitrogens is 4. The molecular formula is C34H38FN7O3. The van der Waals surface area contributed by atoms with E-state index in [0.29, 0.717) is 46.3 Å². The number of nitrogens with one attached hydrogen (secondary N) is 2. The fraction of sp³-hybridized carbons (Fsp3) is 0.324. The Morgan fingerprint density at radius 3 is 2.51 bits per heavy atom. The van der Waals surface area contributed by atoms with Crippen molar-refractivity contribution >= 4 is 22.7 Å². The second-order valence-corrected chi connectivity index (χ2v) is 11.3. The molecule has 0 aliphatic carbocycles. The molecule has 1 aliphatic heterocycles. The van der Waals surface area contributed by atoms with Crippen LogP contribution in [0.3, 0.4) is 0 Å². The zero-order valence-electron chi connectivity index (χ0n) is 25.8. The highest BCUT2D eigenvalue weighted by atomic mass is 19.1. The normalized spacial score (nSPS) is 14.1. The number of halogens is 1. The van der Waals surface area contributed by atoms with Crippen LogP contribution in [-0.2, 0) is 17.9 Å². The zero-order chi connectivity index (χ0) is 31.2. The lowest BCUT2D eigenvalue weighted by molar-refractivity contribution is 0.144. The zero-order valence-corrected chi connectivity index (χ0v) is 25.8. The molecule has 1 fully saturated rings. The van der Waals surface area contributed by atoms with Gasteiger partial charge in [0.25, 0.3) is 0 Å². The topological polar surface area (TPSA) is 101 Å². The van der Waals surface area contributed by atoms with Crippen molar-refractivity contribution in [1.29, 1.82) is 0 Å². The summed E-state index contributed by atoms with van der Waals surface area (Å²) in [6, 6.07) is 17.0. The summed E-state index contributed by atoms with van der Waals surface area (Å²) in [6.45, 7) is 8.13. The van der Waals surface area contributed by atoms with Gasteiger partial charge in [-0.05, 0) is 61.5 Å². The molecule has 0 unspecified atom stereocenters. The minimum Gasteiger partial charge on any atom is -0.487 e. The molecule has 0 atom stereocenters. The van der Waals surface area contributed by atoms with E-state index in [4.69, 9.17) is 19.2 Å². The predicted octanol–water partition coefficient (Wildman–Crippen LogP) is 5.56. The summed E-state index contributed by atoms with van der Waals surface area (Å²) in [5.74, 6) is 0.664. The van der Waals surface area contributed by atoms with Crippen LogP contribution in [0, 0.1) is 12.7 Å². The number of rotatable bonds is 12. The van der Waals surface area contributed by atoms with E-state index in [1.54, 1.807) is 31.6 Å². The average molecular weight is 612 g/mol. The number of anilines is 2. The molecule has 0 bridgehead atoms. The smallest absolute Gasteiger partial charge is 0.232 e. The highest BCUT2D eigenvalue weighted by Gasteiger charge is 2.20. The molecule has 1 aliphatic rings. The monoisotopic (exact) mass is 611 g/mol. The number of fused-ring (bicyclic) bond motifs is 1. The Morgan fingerprint density at radius 2 is 1.76 bits per heavy atom. The Morgan fingerprint density at radius 1 is 0.933 bits per heavy atom. The number of methoxy groups -OCH3 is 1. The lowest BCUT2D eigenvalue weighted by Crippen LogP contribution is -2.43. The highest BCUT2D eigenvalue weighted by molar-refractivity contribution is 5.98. The Labute approximate surface area is 262 Å². The lowest BCUT2D eigenvalue weighted by atomic mass is 10.1. The lowest BCUT2D eigenvalue weighted by Gasteiger charge is -2.32. The quantitative estimate of drug-likeness (QED) is 0.176. The van der Waals surface area contributed by atoms with Crippen LogP contribution in [0.2, 0.25) is 0 Å². The van der Waals surface area contributed by atoms with Gasteiger partial charge < -0.3 is 29.4 Å². The number of aromatic amines is 1. The Hall–Kier alpha value is -4.58. The van der Waals surface area contributed by atoms with Crippen molar-refractivity contribution in [2.75, 3.05) is 58.9 Å². The van der Waals surface area contributed by atoms with Gasteiger partial charge in [-0.2, -0.15) is 9.97 Å². The van der Waals surface area contributed by atoms with Gasteiger partial charge in [0.15, 0.2) is 0 Å². The number of nitrogens with zero attached hydrogens (tertiary/aromatic N) is 5. The summed E-state index contributed by atoms with van der Waals surface area (Å²) in [6.07, 6.45) is 3.45. The van der Waals surface area contributed by atoms with Crippen LogP contribution < -0.4 is 14.8 Å². The van der Waals surface area contributed by atoms with Crippen molar-refractivity contribution in [2.45, 2.75) is 20.1 Å². The van der Waals surface area contributed by atoms with E-state index in [0.717, 1.165) is 49.7 Å². The van der Waals surface area contributed by atoms with Gasteiger partial charge in [-0.25, -0.2) is 4.39 Å².